The van der Waals surface area contributed by atoms with Crippen molar-refractivity contribution in [2.75, 3.05) is 0 Å². The van der Waals surface area contributed by atoms with Crippen molar-refractivity contribution in [3.8, 4) is 0 Å². The van der Waals surface area contributed by atoms with E-state index in [1.54, 1.807) is 20.0 Å². The Bertz CT molecular complexity index is 948. The van der Waals surface area contributed by atoms with Crippen molar-refractivity contribution in [2.24, 2.45) is 7.05 Å². The van der Waals surface area contributed by atoms with Gasteiger partial charge >= 0.3 is 0 Å². The number of pyridine rings is 1. The van der Waals surface area contributed by atoms with Gasteiger partial charge in [-0.1, -0.05) is 0 Å². The lowest BCUT2D eigenvalue weighted by Crippen LogP contribution is -2.27. The van der Waals surface area contributed by atoms with E-state index in [1.165, 1.54) is 4.68 Å². The minimum atomic E-state index is -0.334. The van der Waals surface area contributed by atoms with Crippen LogP contribution in [0.1, 0.15) is 40.5 Å². The lowest BCUT2D eigenvalue weighted by atomic mass is 10.1. The summed E-state index contributed by atoms with van der Waals surface area (Å²) in [6.07, 6.45) is 0. The van der Waals surface area contributed by atoms with Crippen LogP contribution in [-0.4, -0.2) is 20.7 Å². The second-order valence-electron chi connectivity index (χ2n) is 5.65. The number of aryl methyl sites for hydroxylation is 3. The van der Waals surface area contributed by atoms with Crippen LogP contribution in [0.3, 0.4) is 0 Å². The van der Waals surface area contributed by atoms with Crippen LogP contribution in [0.25, 0.3) is 11.0 Å². The second kappa shape index (κ2) is 5.42. The highest BCUT2D eigenvalue weighted by Gasteiger charge is 2.20. The molecule has 1 amide bonds. The minimum Gasteiger partial charge on any atom is -0.464 e. The van der Waals surface area contributed by atoms with E-state index in [0.717, 1.165) is 5.76 Å². The first-order chi connectivity index (χ1) is 10.9. The summed E-state index contributed by atoms with van der Waals surface area (Å²) in [5.74, 6) is 1.11. The van der Waals surface area contributed by atoms with Gasteiger partial charge in [-0.25, -0.2) is 4.98 Å². The SMILES string of the molecule is Cc1cc(C(=O)N[C@H](C)c2ccc(C)o2)c2c(=O)[nH]n(C)c2n1. The Labute approximate surface area is 132 Å². The van der Waals surface area contributed by atoms with Gasteiger partial charge in [-0.2, -0.15) is 0 Å². The first kappa shape index (κ1) is 15.1. The van der Waals surface area contributed by atoms with Crippen LogP contribution in [0, 0.1) is 13.8 Å². The Kier molecular flexibility index (Phi) is 3.55. The lowest BCUT2D eigenvalue weighted by molar-refractivity contribution is 0.0936. The van der Waals surface area contributed by atoms with Gasteiger partial charge < -0.3 is 9.73 Å². The predicted molar refractivity (Wildman–Crippen MR) is 85.4 cm³/mol. The molecule has 0 radical (unpaired) electrons. The lowest BCUT2D eigenvalue weighted by Gasteiger charge is -2.12. The topological polar surface area (TPSA) is 92.9 Å². The number of nitrogens with zero attached hydrogens (tertiary/aromatic N) is 2. The van der Waals surface area contributed by atoms with Gasteiger partial charge in [0, 0.05) is 12.7 Å². The summed E-state index contributed by atoms with van der Waals surface area (Å²) >= 11 is 0. The van der Waals surface area contributed by atoms with E-state index in [2.05, 4.69) is 15.4 Å². The number of carbonyl (C=O) groups excluding carboxylic acids is 1. The first-order valence-corrected chi connectivity index (χ1v) is 7.30. The van der Waals surface area contributed by atoms with Crippen molar-refractivity contribution >= 4 is 16.9 Å². The Balaban J connectivity index is 1.99. The summed E-state index contributed by atoms with van der Waals surface area (Å²) in [5, 5.41) is 5.78. The maximum atomic E-state index is 12.6. The molecule has 0 aliphatic rings. The molecule has 0 aliphatic carbocycles. The molecule has 3 heterocycles. The zero-order valence-corrected chi connectivity index (χ0v) is 13.4. The molecule has 3 aromatic rings. The third-order valence-electron chi connectivity index (χ3n) is 3.72. The van der Waals surface area contributed by atoms with E-state index in [-0.39, 0.29) is 17.5 Å². The minimum absolute atomic E-state index is 0.290. The van der Waals surface area contributed by atoms with Crippen molar-refractivity contribution in [1.29, 1.82) is 0 Å². The maximum absolute atomic E-state index is 12.6. The standard InChI is InChI=1S/C16H18N4O3/c1-8-7-11(13-14(17-8)20(4)19-16(13)22)15(21)18-10(3)12-6-5-9(2)23-12/h5-7,10H,1-4H3,(H,18,21)(H,19,22)/t10-/m1/s1. The van der Waals surface area contributed by atoms with Crippen LogP contribution >= 0.6 is 0 Å². The average molecular weight is 314 g/mol. The van der Waals surface area contributed by atoms with Gasteiger partial charge in [0.2, 0.25) is 0 Å². The van der Waals surface area contributed by atoms with Gasteiger partial charge in [0.1, 0.15) is 11.5 Å². The van der Waals surface area contributed by atoms with E-state index in [4.69, 9.17) is 4.42 Å². The highest BCUT2D eigenvalue weighted by molar-refractivity contribution is 6.05. The Morgan fingerprint density at radius 1 is 1.39 bits per heavy atom. The van der Waals surface area contributed by atoms with Gasteiger partial charge in [0.25, 0.3) is 11.5 Å². The van der Waals surface area contributed by atoms with E-state index >= 15 is 0 Å². The molecule has 120 valence electrons. The highest BCUT2D eigenvalue weighted by Crippen LogP contribution is 2.18. The number of aromatic nitrogens is 3. The molecule has 7 heteroatoms. The molecule has 0 aliphatic heterocycles. The quantitative estimate of drug-likeness (QED) is 0.773. The monoisotopic (exact) mass is 314 g/mol. The fourth-order valence-corrected chi connectivity index (χ4v) is 2.60. The molecular formula is C16H18N4O3. The van der Waals surface area contributed by atoms with Gasteiger partial charge in [-0.05, 0) is 39.0 Å². The zero-order valence-electron chi connectivity index (χ0n) is 13.4. The third-order valence-corrected chi connectivity index (χ3v) is 3.72. The number of rotatable bonds is 3. The normalized spacial score (nSPS) is 12.5. The van der Waals surface area contributed by atoms with Crippen LogP contribution in [0.4, 0.5) is 0 Å². The third kappa shape index (κ3) is 2.65. The first-order valence-electron chi connectivity index (χ1n) is 7.30. The Hall–Kier alpha value is -2.83. The predicted octanol–water partition coefficient (Wildman–Crippen LogP) is 1.96. The number of aromatic amines is 1. The van der Waals surface area contributed by atoms with E-state index in [9.17, 15) is 9.59 Å². The number of hydrogen-bond donors (Lipinski definition) is 2. The molecule has 23 heavy (non-hydrogen) atoms. The molecule has 0 unspecified atom stereocenters. The Morgan fingerprint density at radius 3 is 2.78 bits per heavy atom. The smallest absolute Gasteiger partial charge is 0.274 e. The summed E-state index contributed by atoms with van der Waals surface area (Å²) in [6.45, 7) is 5.46. The number of hydrogen-bond acceptors (Lipinski definition) is 4. The fourth-order valence-electron chi connectivity index (χ4n) is 2.60. The molecule has 0 fully saturated rings. The zero-order chi connectivity index (χ0) is 16.7. The number of H-pyrrole nitrogens is 1. The summed E-state index contributed by atoms with van der Waals surface area (Å²) in [4.78, 5) is 29.0. The average Bonchev–Trinajstić information content (AvgIpc) is 3.03. The fraction of sp³-hybridized carbons (Fsp3) is 0.312. The van der Waals surface area contributed by atoms with E-state index in [1.807, 2.05) is 26.0 Å². The van der Waals surface area contributed by atoms with Crippen LogP contribution < -0.4 is 10.9 Å². The molecule has 3 aromatic heterocycles. The molecule has 2 N–H and O–H groups in total. The molecular weight excluding hydrogens is 296 g/mol. The van der Waals surface area contributed by atoms with Gasteiger partial charge in [0.15, 0.2) is 5.65 Å². The number of amides is 1. The summed E-state index contributed by atoms with van der Waals surface area (Å²) < 4.78 is 7.04. The van der Waals surface area contributed by atoms with Crippen molar-refractivity contribution in [3.05, 3.63) is 51.3 Å². The van der Waals surface area contributed by atoms with Crippen molar-refractivity contribution in [1.82, 2.24) is 20.1 Å². The highest BCUT2D eigenvalue weighted by atomic mass is 16.3. The van der Waals surface area contributed by atoms with E-state index in [0.29, 0.717) is 28.1 Å². The van der Waals surface area contributed by atoms with E-state index < -0.39 is 0 Å². The maximum Gasteiger partial charge on any atom is 0.274 e. The number of carbonyl (C=O) groups is 1. The van der Waals surface area contributed by atoms with Crippen LogP contribution in [0.2, 0.25) is 0 Å². The van der Waals surface area contributed by atoms with Gasteiger partial charge in [-0.3, -0.25) is 19.4 Å². The van der Waals surface area contributed by atoms with Crippen molar-refractivity contribution < 1.29 is 9.21 Å². The number of nitrogens with one attached hydrogen (secondary N) is 2. The molecule has 0 saturated heterocycles. The molecule has 3 rings (SSSR count). The van der Waals surface area contributed by atoms with Gasteiger partial charge in [0.05, 0.1) is 17.0 Å². The molecule has 7 nitrogen and oxygen atoms in total. The number of furan rings is 1. The molecule has 0 spiro atoms. The van der Waals surface area contributed by atoms with Crippen LogP contribution in [-0.2, 0) is 7.05 Å². The molecule has 0 aromatic carbocycles. The van der Waals surface area contributed by atoms with Crippen LogP contribution in [0.5, 0.6) is 0 Å². The number of fused-ring (bicyclic) bond motifs is 1. The Morgan fingerprint density at radius 2 is 2.13 bits per heavy atom. The summed E-state index contributed by atoms with van der Waals surface area (Å²) in [6, 6.07) is 4.98. The largest absolute Gasteiger partial charge is 0.464 e. The van der Waals surface area contributed by atoms with Crippen LogP contribution in [0.15, 0.2) is 27.4 Å². The molecule has 0 saturated carbocycles. The molecule has 1 atom stereocenters. The molecule has 0 bridgehead atoms. The van der Waals surface area contributed by atoms with Crippen molar-refractivity contribution in [2.45, 2.75) is 26.8 Å². The van der Waals surface area contributed by atoms with Crippen molar-refractivity contribution in [3.63, 3.8) is 0 Å². The summed E-state index contributed by atoms with van der Waals surface area (Å²) in [7, 11) is 1.69. The van der Waals surface area contributed by atoms with Gasteiger partial charge in [-0.15, -0.1) is 0 Å². The second-order valence-corrected chi connectivity index (χ2v) is 5.65. The summed E-state index contributed by atoms with van der Waals surface area (Å²) in [5.41, 5.74) is 1.10.